The number of rotatable bonds is 5. The highest BCUT2D eigenvalue weighted by Gasteiger charge is 2.14. The fourth-order valence-electron chi connectivity index (χ4n) is 1.93. The summed E-state index contributed by atoms with van der Waals surface area (Å²) in [6, 6.07) is 5.30. The summed E-state index contributed by atoms with van der Waals surface area (Å²) in [6.07, 6.45) is 2.89. The number of hydrogen-bond donors (Lipinski definition) is 2. The molecule has 112 valence electrons. The largest absolute Gasteiger partial charge is 0.465 e. The zero-order valence-electron chi connectivity index (χ0n) is 12.3. The number of aromatic nitrogens is 1. The Morgan fingerprint density at radius 3 is 2.90 bits per heavy atom. The molecule has 0 saturated heterocycles. The van der Waals surface area contributed by atoms with E-state index < -0.39 is 5.97 Å². The van der Waals surface area contributed by atoms with Crippen LogP contribution in [0.1, 0.15) is 40.1 Å². The van der Waals surface area contributed by atoms with Gasteiger partial charge in [0.2, 0.25) is 0 Å². The van der Waals surface area contributed by atoms with Crippen LogP contribution in [0.3, 0.4) is 0 Å². The molecular formula is C15H19N3O2S. The quantitative estimate of drug-likeness (QED) is 0.655. The maximum atomic E-state index is 11.6. The van der Waals surface area contributed by atoms with Crippen LogP contribution in [0.2, 0.25) is 0 Å². The highest BCUT2D eigenvalue weighted by molar-refractivity contribution is 7.11. The Bertz CT molecular complexity index is 640. The normalized spacial score (nSPS) is 12.0. The summed E-state index contributed by atoms with van der Waals surface area (Å²) in [6.45, 7) is 4.14. The first-order valence-corrected chi connectivity index (χ1v) is 7.55. The smallest absolute Gasteiger partial charge is 0.340 e. The molecule has 0 aliphatic heterocycles. The van der Waals surface area contributed by atoms with Gasteiger partial charge in [-0.1, -0.05) is 6.92 Å². The van der Waals surface area contributed by atoms with Crippen LogP contribution < -0.4 is 11.1 Å². The number of benzene rings is 1. The van der Waals surface area contributed by atoms with Crippen LogP contribution in [0.5, 0.6) is 0 Å². The van der Waals surface area contributed by atoms with E-state index in [-0.39, 0.29) is 6.04 Å². The lowest BCUT2D eigenvalue weighted by molar-refractivity contribution is 0.0602. The van der Waals surface area contributed by atoms with Crippen LogP contribution in [0, 0.1) is 0 Å². The summed E-state index contributed by atoms with van der Waals surface area (Å²) in [7, 11) is 1.34. The lowest BCUT2D eigenvalue weighted by Crippen LogP contribution is -2.09. The average molecular weight is 305 g/mol. The summed E-state index contributed by atoms with van der Waals surface area (Å²) in [4.78, 5) is 17.3. The fraction of sp³-hybridized carbons (Fsp3) is 0.333. The molecule has 2 aromatic rings. The Morgan fingerprint density at radius 2 is 2.29 bits per heavy atom. The van der Waals surface area contributed by atoms with Gasteiger partial charge in [0.1, 0.15) is 5.01 Å². The number of methoxy groups -OCH3 is 1. The van der Waals surface area contributed by atoms with Crippen molar-refractivity contribution in [1.82, 2.24) is 4.98 Å². The molecule has 0 bridgehead atoms. The number of thiazole rings is 1. The van der Waals surface area contributed by atoms with Gasteiger partial charge in [-0.15, -0.1) is 11.3 Å². The number of anilines is 2. The Hall–Kier alpha value is -2.08. The van der Waals surface area contributed by atoms with Crippen LogP contribution in [0.4, 0.5) is 11.4 Å². The number of aryl methyl sites for hydroxylation is 1. The molecule has 0 radical (unpaired) electrons. The summed E-state index contributed by atoms with van der Waals surface area (Å²) in [5.41, 5.74) is 7.37. The molecule has 0 amide bonds. The average Bonchev–Trinajstić information content (AvgIpc) is 2.97. The van der Waals surface area contributed by atoms with E-state index in [1.807, 2.05) is 19.2 Å². The molecule has 0 aliphatic rings. The number of nitrogens with one attached hydrogen (secondary N) is 1. The Labute approximate surface area is 128 Å². The van der Waals surface area contributed by atoms with E-state index in [9.17, 15) is 4.79 Å². The van der Waals surface area contributed by atoms with E-state index in [2.05, 4.69) is 17.2 Å². The van der Waals surface area contributed by atoms with Gasteiger partial charge < -0.3 is 15.8 Å². The predicted octanol–water partition coefficient (Wildman–Crippen LogP) is 3.25. The zero-order chi connectivity index (χ0) is 15.4. The van der Waals surface area contributed by atoms with Gasteiger partial charge in [-0.3, -0.25) is 0 Å². The third kappa shape index (κ3) is 3.52. The summed E-state index contributed by atoms with van der Waals surface area (Å²) in [5, 5.41) is 4.34. The Balaban J connectivity index is 2.17. The molecule has 5 nitrogen and oxygen atoms in total. The number of carbonyl (C=O) groups excluding carboxylic acids is 1. The lowest BCUT2D eigenvalue weighted by Gasteiger charge is -2.14. The molecule has 0 fully saturated rings. The topological polar surface area (TPSA) is 77.2 Å². The number of nitrogens with two attached hydrogens (primary N) is 1. The molecule has 21 heavy (non-hydrogen) atoms. The molecule has 0 spiro atoms. The number of nitrogen functional groups attached to an aromatic ring is 1. The van der Waals surface area contributed by atoms with E-state index in [0.29, 0.717) is 11.3 Å². The van der Waals surface area contributed by atoms with E-state index >= 15 is 0 Å². The van der Waals surface area contributed by atoms with Gasteiger partial charge in [-0.05, 0) is 31.5 Å². The first-order chi connectivity index (χ1) is 10.0. The maximum Gasteiger partial charge on any atom is 0.340 e. The monoisotopic (exact) mass is 305 g/mol. The van der Waals surface area contributed by atoms with Gasteiger partial charge in [0, 0.05) is 22.4 Å². The molecule has 1 heterocycles. The first-order valence-electron chi connectivity index (χ1n) is 6.74. The van der Waals surface area contributed by atoms with E-state index in [0.717, 1.165) is 17.1 Å². The highest BCUT2D eigenvalue weighted by Crippen LogP contribution is 2.26. The lowest BCUT2D eigenvalue weighted by atomic mass is 10.1. The van der Waals surface area contributed by atoms with Gasteiger partial charge in [0.05, 0.1) is 18.7 Å². The number of hydrogen-bond acceptors (Lipinski definition) is 6. The van der Waals surface area contributed by atoms with E-state index in [1.54, 1.807) is 23.5 Å². The molecule has 6 heteroatoms. The molecule has 1 atom stereocenters. The number of ether oxygens (including phenoxy) is 1. The molecule has 0 aliphatic carbocycles. The van der Waals surface area contributed by atoms with E-state index in [4.69, 9.17) is 10.5 Å². The van der Waals surface area contributed by atoms with Crippen molar-refractivity contribution in [3.05, 3.63) is 39.8 Å². The Morgan fingerprint density at radius 1 is 1.52 bits per heavy atom. The summed E-state index contributed by atoms with van der Waals surface area (Å²) in [5.74, 6) is -0.439. The second kappa shape index (κ2) is 6.58. The molecular weight excluding hydrogens is 286 g/mol. The van der Waals surface area contributed by atoms with Crippen LogP contribution in [0.25, 0.3) is 0 Å². The van der Waals surface area contributed by atoms with Gasteiger partial charge >= 0.3 is 5.97 Å². The third-order valence-electron chi connectivity index (χ3n) is 3.13. The van der Waals surface area contributed by atoms with Crippen molar-refractivity contribution in [2.24, 2.45) is 0 Å². The Kier molecular flexibility index (Phi) is 4.80. The van der Waals surface area contributed by atoms with Crippen molar-refractivity contribution in [2.45, 2.75) is 26.3 Å². The number of carbonyl (C=O) groups is 1. The van der Waals surface area contributed by atoms with E-state index in [1.165, 1.54) is 12.0 Å². The van der Waals surface area contributed by atoms with Gasteiger partial charge in [0.25, 0.3) is 0 Å². The fourth-order valence-corrected chi connectivity index (χ4v) is 2.79. The van der Waals surface area contributed by atoms with Crippen molar-refractivity contribution in [1.29, 1.82) is 0 Å². The molecule has 1 unspecified atom stereocenters. The minimum absolute atomic E-state index is 0.0596. The van der Waals surface area contributed by atoms with Crippen LogP contribution in [-0.4, -0.2) is 18.1 Å². The number of nitrogens with zero attached hydrogens (tertiary/aromatic N) is 1. The van der Waals surface area contributed by atoms with Crippen molar-refractivity contribution in [2.75, 3.05) is 18.2 Å². The van der Waals surface area contributed by atoms with Gasteiger partial charge in [0.15, 0.2) is 0 Å². The third-order valence-corrected chi connectivity index (χ3v) is 4.46. The first kappa shape index (κ1) is 15.3. The summed E-state index contributed by atoms with van der Waals surface area (Å²) >= 11 is 1.69. The van der Waals surface area contributed by atoms with Crippen LogP contribution >= 0.6 is 11.3 Å². The molecule has 2 rings (SSSR count). The van der Waals surface area contributed by atoms with Crippen molar-refractivity contribution >= 4 is 28.7 Å². The maximum absolute atomic E-state index is 11.6. The molecule has 1 aromatic carbocycles. The SMILES string of the molecule is CCc1cnc(C(C)Nc2ccc(N)c(C(=O)OC)c2)s1. The van der Waals surface area contributed by atoms with Gasteiger partial charge in [-0.2, -0.15) is 0 Å². The van der Waals surface area contributed by atoms with Crippen LogP contribution in [0.15, 0.2) is 24.4 Å². The zero-order valence-corrected chi connectivity index (χ0v) is 13.2. The predicted molar refractivity (Wildman–Crippen MR) is 85.7 cm³/mol. The minimum Gasteiger partial charge on any atom is -0.465 e. The molecule has 3 N–H and O–H groups in total. The van der Waals surface area contributed by atoms with Crippen molar-refractivity contribution < 1.29 is 9.53 Å². The standard InChI is InChI=1S/C15H19N3O2S/c1-4-11-8-17-14(21-11)9(2)18-10-5-6-13(16)12(7-10)15(19)20-3/h5-9,18H,4,16H2,1-3H3. The second-order valence-electron chi connectivity index (χ2n) is 4.68. The molecule has 0 saturated carbocycles. The van der Waals surface area contributed by atoms with Crippen molar-refractivity contribution in [3.63, 3.8) is 0 Å². The van der Waals surface area contributed by atoms with Crippen LogP contribution in [-0.2, 0) is 11.2 Å². The van der Waals surface area contributed by atoms with Gasteiger partial charge in [-0.25, -0.2) is 9.78 Å². The molecule has 1 aromatic heterocycles. The number of esters is 1. The summed E-state index contributed by atoms with van der Waals surface area (Å²) < 4.78 is 4.72. The highest BCUT2D eigenvalue weighted by atomic mass is 32.1. The minimum atomic E-state index is -0.439. The second-order valence-corrected chi connectivity index (χ2v) is 5.82. The van der Waals surface area contributed by atoms with Crippen molar-refractivity contribution in [3.8, 4) is 0 Å².